The molecule has 0 aliphatic carbocycles. The van der Waals surface area contributed by atoms with Crippen LogP contribution in [0.4, 0.5) is 5.69 Å². The first kappa shape index (κ1) is 21.8. The maximum atomic E-state index is 12.8. The Morgan fingerprint density at radius 2 is 1.79 bits per heavy atom. The summed E-state index contributed by atoms with van der Waals surface area (Å²) < 4.78 is 31.6. The standard InChI is InChI=1S/C21H28N2O4S/c1-5-20(23(28(4,25)26)18-11-7-6-8-12-18)21(24)22-15-17-10-9-13-19(14-17)27-16(2)3/h6-14,16,20H,5,15H2,1-4H3,(H,22,24). The Bertz CT molecular complexity index is 882. The molecule has 0 aliphatic rings. The average molecular weight is 405 g/mol. The van der Waals surface area contributed by atoms with Crippen LogP contribution in [0.15, 0.2) is 54.6 Å². The fourth-order valence-corrected chi connectivity index (χ4v) is 4.15. The molecule has 2 aromatic carbocycles. The number of ether oxygens (including phenoxy) is 1. The van der Waals surface area contributed by atoms with Crippen LogP contribution in [0.25, 0.3) is 0 Å². The first-order valence-electron chi connectivity index (χ1n) is 9.30. The maximum absolute atomic E-state index is 12.8. The summed E-state index contributed by atoms with van der Waals surface area (Å²) in [5.74, 6) is 0.391. The molecule has 0 radical (unpaired) electrons. The Balaban J connectivity index is 2.16. The fraction of sp³-hybridized carbons (Fsp3) is 0.381. The molecule has 1 amide bonds. The quantitative estimate of drug-likeness (QED) is 0.696. The second kappa shape index (κ2) is 9.59. The van der Waals surface area contributed by atoms with E-state index in [0.717, 1.165) is 17.6 Å². The summed E-state index contributed by atoms with van der Waals surface area (Å²) in [6, 6.07) is 15.3. The lowest BCUT2D eigenvalue weighted by Gasteiger charge is -2.30. The van der Waals surface area contributed by atoms with Crippen LogP contribution in [0.1, 0.15) is 32.8 Å². The number of hydrogen-bond acceptors (Lipinski definition) is 4. The lowest BCUT2D eigenvalue weighted by atomic mass is 10.1. The molecule has 0 saturated heterocycles. The summed E-state index contributed by atoms with van der Waals surface area (Å²) in [5, 5.41) is 2.85. The summed E-state index contributed by atoms with van der Waals surface area (Å²) >= 11 is 0. The summed E-state index contributed by atoms with van der Waals surface area (Å²) in [6.07, 6.45) is 1.52. The van der Waals surface area contributed by atoms with E-state index in [0.29, 0.717) is 12.1 Å². The van der Waals surface area contributed by atoms with Gasteiger partial charge in [-0.15, -0.1) is 0 Å². The van der Waals surface area contributed by atoms with Crippen molar-refractivity contribution in [2.75, 3.05) is 10.6 Å². The molecule has 152 valence electrons. The van der Waals surface area contributed by atoms with Gasteiger partial charge in [-0.25, -0.2) is 8.42 Å². The van der Waals surface area contributed by atoms with Gasteiger partial charge in [-0.3, -0.25) is 9.10 Å². The molecule has 28 heavy (non-hydrogen) atoms. The molecule has 2 aromatic rings. The molecule has 7 heteroatoms. The van der Waals surface area contributed by atoms with E-state index in [9.17, 15) is 13.2 Å². The van der Waals surface area contributed by atoms with E-state index in [-0.39, 0.29) is 18.6 Å². The van der Waals surface area contributed by atoms with Crippen molar-refractivity contribution in [1.29, 1.82) is 0 Å². The summed E-state index contributed by atoms with van der Waals surface area (Å²) in [5.41, 5.74) is 1.35. The zero-order valence-corrected chi connectivity index (χ0v) is 17.6. The Labute approximate surface area is 167 Å². The molecule has 0 saturated carbocycles. The van der Waals surface area contributed by atoms with Crippen molar-refractivity contribution in [3.8, 4) is 5.75 Å². The number of nitrogens with one attached hydrogen (secondary N) is 1. The molecular weight excluding hydrogens is 376 g/mol. The van der Waals surface area contributed by atoms with E-state index in [1.165, 1.54) is 4.31 Å². The van der Waals surface area contributed by atoms with Crippen LogP contribution in [-0.2, 0) is 21.4 Å². The Morgan fingerprint density at radius 1 is 1.11 bits per heavy atom. The van der Waals surface area contributed by atoms with Crippen LogP contribution >= 0.6 is 0 Å². The summed E-state index contributed by atoms with van der Waals surface area (Å²) in [7, 11) is -3.62. The average Bonchev–Trinajstić information content (AvgIpc) is 2.63. The molecule has 1 N–H and O–H groups in total. The van der Waals surface area contributed by atoms with E-state index in [2.05, 4.69) is 5.32 Å². The van der Waals surface area contributed by atoms with Gasteiger partial charge in [0.25, 0.3) is 0 Å². The highest BCUT2D eigenvalue weighted by molar-refractivity contribution is 7.92. The third kappa shape index (κ3) is 5.99. The minimum Gasteiger partial charge on any atom is -0.491 e. The molecule has 0 heterocycles. The Kier molecular flexibility index (Phi) is 7.45. The molecule has 0 fully saturated rings. The molecule has 2 rings (SSSR count). The topological polar surface area (TPSA) is 75.7 Å². The lowest BCUT2D eigenvalue weighted by molar-refractivity contribution is -0.122. The minimum atomic E-state index is -3.62. The molecule has 0 aromatic heterocycles. The first-order chi connectivity index (χ1) is 13.2. The highest BCUT2D eigenvalue weighted by atomic mass is 32.2. The predicted molar refractivity (Wildman–Crippen MR) is 112 cm³/mol. The molecule has 6 nitrogen and oxygen atoms in total. The first-order valence-corrected chi connectivity index (χ1v) is 11.1. The van der Waals surface area contributed by atoms with E-state index in [4.69, 9.17) is 4.74 Å². The zero-order chi connectivity index (χ0) is 20.7. The highest BCUT2D eigenvalue weighted by Gasteiger charge is 2.31. The number of hydrogen-bond donors (Lipinski definition) is 1. The van der Waals surface area contributed by atoms with Gasteiger partial charge in [0.2, 0.25) is 15.9 Å². The van der Waals surface area contributed by atoms with E-state index in [1.807, 2.05) is 38.1 Å². The van der Waals surface area contributed by atoms with E-state index >= 15 is 0 Å². The number of para-hydroxylation sites is 1. The monoisotopic (exact) mass is 404 g/mol. The van der Waals surface area contributed by atoms with Crippen LogP contribution in [0, 0.1) is 0 Å². The van der Waals surface area contributed by atoms with E-state index in [1.54, 1.807) is 37.3 Å². The zero-order valence-electron chi connectivity index (χ0n) is 16.8. The Morgan fingerprint density at radius 3 is 2.36 bits per heavy atom. The van der Waals surface area contributed by atoms with Crippen LogP contribution in [0.3, 0.4) is 0 Å². The maximum Gasteiger partial charge on any atom is 0.244 e. The van der Waals surface area contributed by atoms with Crippen molar-refractivity contribution in [2.24, 2.45) is 0 Å². The van der Waals surface area contributed by atoms with Gasteiger partial charge in [0.15, 0.2) is 0 Å². The lowest BCUT2D eigenvalue weighted by Crippen LogP contribution is -2.49. The van der Waals surface area contributed by atoms with Gasteiger partial charge in [-0.1, -0.05) is 37.3 Å². The normalized spacial score (nSPS) is 12.5. The molecule has 1 unspecified atom stereocenters. The van der Waals surface area contributed by atoms with Crippen molar-refractivity contribution in [3.63, 3.8) is 0 Å². The number of benzene rings is 2. The number of rotatable bonds is 9. The Hall–Kier alpha value is -2.54. The number of anilines is 1. The number of nitrogens with zero attached hydrogens (tertiary/aromatic N) is 1. The summed E-state index contributed by atoms with van der Waals surface area (Å²) in [4.78, 5) is 12.8. The smallest absolute Gasteiger partial charge is 0.244 e. The largest absolute Gasteiger partial charge is 0.491 e. The number of amides is 1. The van der Waals surface area contributed by atoms with Gasteiger partial charge >= 0.3 is 0 Å². The molecular formula is C21H28N2O4S. The number of carbonyl (C=O) groups is 1. The van der Waals surface area contributed by atoms with Gasteiger partial charge in [-0.2, -0.15) is 0 Å². The second-order valence-corrected chi connectivity index (χ2v) is 8.71. The van der Waals surface area contributed by atoms with Crippen molar-refractivity contribution in [3.05, 3.63) is 60.2 Å². The van der Waals surface area contributed by atoms with Crippen LogP contribution < -0.4 is 14.4 Å². The number of sulfonamides is 1. The van der Waals surface area contributed by atoms with Crippen molar-refractivity contribution < 1.29 is 17.9 Å². The van der Waals surface area contributed by atoms with E-state index < -0.39 is 16.1 Å². The van der Waals surface area contributed by atoms with Crippen LogP contribution in [-0.4, -0.2) is 32.7 Å². The van der Waals surface area contributed by atoms with Crippen molar-refractivity contribution in [2.45, 2.75) is 45.9 Å². The van der Waals surface area contributed by atoms with Crippen LogP contribution in [0.5, 0.6) is 5.75 Å². The van der Waals surface area contributed by atoms with Gasteiger partial charge in [-0.05, 0) is 50.1 Å². The van der Waals surface area contributed by atoms with Gasteiger partial charge < -0.3 is 10.1 Å². The third-order valence-corrected chi connectivity index (χ3v) is 5.26. The molecule has 0 bridgehead atoms. The van der Waals surface area contributed by atoms with Crippen molar-refractivity contribution >= 4 is 21.6 Å². The molecule has 0 aliphatic heterocycles. The predicted octanol–water partition coefficient (Wildman–Crippen LogP) is 3.33. The van der Waals surface area contributed by atoms with Crippen molar-refractivity contribution in [1.82, 2.24) is 5.32 Å². The summed E-state index contributed by atoms with van der Waals surface area (Å²) in [6.45, 7) is 5.98. The van der Waals surface area contributed by atoms with Gasteiger partial charge in [0.05, 0.1) is 18.0 Å². The second-order valence-electron chi connectivity index (χ2n) is 6.85. The highest BCUT2D eigenvalue weighted by Crippen LogP contribution is 2.22. The molecule has 0 spiro atoms. The van der Waals surface area contributed by atoms with Gasteiger partial charge in [0, 0.05) is 6.54 Å². The minimum absolute atomic E-state index is 0.0588. The molecule has 1 atom stereocenters. The van der Waals surface area contributed by atoms with Gasteiger partial charge in [0.1, 0.15) is 11.8 Å². The number of carbonyl (C=O) groups excluding carboxylic acids is 1. The SMILES string of the molecule is CCC(C(=O)NCc1cccc(OC(C)C)c1)N(c1ccccc1)S(C)(=O)=O. The van der Waals surface area contributed by atoms with Crippen LogP contribution in [0.2, 0.25) is 0 Å². The fourth-order valence-electron chi connectivity index (χ4n) is 2.94. The third-order valence-electron chi connectivity index (χ3n) is 4.08.